The second kappa shape index (κ2) is 7.51. The van der Waals surface area contributed by atoms with Gasteiger partial charge in [0.05, 0.1) is 5.69 Å². The van der Waals surface area contributed by atoms with Crippen LogP contribution in [0.2, 0.25) is 0 Å². The van der Waals surface area contributed by atoms with E-state index in [9.17, 15) is 0 Å². The molecule has 2 nitrogen and oxygen atoms in total. The molecule has 1 heterocycles. The van der Waals surface area contributed by atoms with Crippen LogP contribution in [0.4, 0.5) is 0 Å². The van der Waals surface area contributed by atoms with Gasteiger partial charge in [-0.2, -0.15) is 0 Å². The molecule has 0 saturated carbocycles. The van der Waals surface area contributed by atoms with Crippen molar-refractivity contribution in [1.82, 2.24) is 10.3 Å². The molecule has 1 N–H and O–H groups in total. The van der Waals surface area contributed by atoms with E-state index >= 15 is 0 Å². The summed E-state index contributed by atoms with van der Waals surface area (Å²) in [6.45, 7) is 3.04. The molecule has 0 spiro atoms. The van der Waals surface area contributed by atoms with E-state index in [0.29, 0.717) is 0 Å². The molecule has 0 saturated heterocycles. The fourth-order valence-corrected chi connectivity index (χ4v) is 3.24. The minimum absolute atomic E-state index is 0.290. The van der Waals surface area contributed by atoms with Gasteiger partial charge in [-0.25, -0.2) is 0 Å². The summed E-state index contributed by atoms with van der Waals surface area (Å²) in [5, 5.41) is 6.21. The molecule has 26 heavy (non-hydrogen) atoms. The molecular formula is C24H22N2. The van der Waals surface area contributed by atoms with Gasteiger partial charge in [-0.15, -0.1) is 0 Å². The number of nitrogens with zero attached hydrogens (tertiary/aromatic N) is 1. The number of hydrogen-bond acceptors (Lipinski definition) is 2. The summed E-state index contributed by atoms with van der Waals surface area (Å²) in [7, 11) is 0. The minimum atomic E-state index is 0.290. The van der Waals surface area contributed by atoms with Gasteiger partial charge in [-0.1, -0.05) is 60.7 Å². The molecule has 0 fully saturated rings. The van der Waals surface area contributed by atoms with Crippen LogP contribution < -0.4 is 5.32 Å². The Labute approximate surface area is 154 Å². The Balaban J connectivity index is 1.48. The Bertz CT molecular complexity index is 1010. The molecule has 0 aliphatic heterocycles. The van der Waals surface area contributed by atoms with Gasteiger partial charge in [-0.3, -0.25) is 4.98 Å². The molecule has 1 atom stereocenters. The number of nitrogens with one attached hydrogen (secondary N) is 1. The molecule has 128 valence electrons. The second-order valence-electron chi connectivity index (χ2n) is 6.62. The van der Waals surface area contributed by atoms with Crippen molar-refractivity contribution < 1.29 is 0 Å². The van der Waals surface area contributed by atoms with Crippen molar-refractivity contribution in [2.24, 2.45) is 0 Å². The van der Waals surface area contributed by atoms with Crippen molar-refractivity contribution >= 4 is 10.8 Å². The lowest BCUT2D eigenvalue weighted by Crippen LogP contribution is -2.18. The first kappa shape index (κ1) is 16.5. The zero-order chi connectivity index (χ0) is 17.8. The Kier molecular flexibility index (Phi) is 4.76. The van der Waals surface area contributed by atoms with E-state index in [1.54, 1.807) is 0 Å². The van der Waals surface area contributed by atoms with Crippen LogP contribution in [0, 0.1) is 0 Å². The van der Waals surface area contributed by atoms with Gasteiger partial charge in [0.2, 0.25) is 0 Å². The topological polar surface area (TPSA) is 24.9 Å². The maximum atomic E-state index is 4.44. The van der Waals surface area contributed by atoms with Crippen molar-refractivity contribution in [1.29, 1.82) is 0 Å². The van der Waals surface area contributed by atoms with E-state index in [1.807, 2.05) is 24.4 Å². The molecule has 0 amide bonds. The van der Waals surface area contributed by atoms with Crippen LogP contribution in [0.5, 0.6) is 0 Å². The van der Waals surface area contributed by atoms with E-state index in [1.165, 1.54) is 21.9 Å². The van der Waals surface area contributed by atoms with E-state index < -0.39 is 0 Å². The van der Waals surface area contributed by atoms with Crippen LogP contribution in [0.25, 0.3) is 22.0 Å². The molecule has 0 unspecified atom stereocenters. The highest BCUT2D eigenvalue weighted by Gasteiger charge is 2.07. The zero-order valence-electron chi connectivity index (χ0n) is 14.9. The average molecular weight is 338 g/mol. The summed E-state index contributed by atoms with van der Waals surface area (Å²) in [5.74, 6) is 0. The van der Waals surface area contributed by atoms with Crippen LogP contribution in [0.3, 0.4) is 0 Å². The van der Waals surface area contributed by atoms with E-state index in [0.717, 1.165) is 17.8 Å². The number of pyridine rings is 1. The largest absolute Gasteiger partial charge is 0.306 e. The molecule has 0 aliphatic carbocycles. The Hall–Kier alpha value is -2.97. The van der Waals surface area contributed by atoms with Crippen LogP contribution in [0.15, 0.2) is 91.1 Å². The fourth-order valence-electron chi connectivity index (χ4n) is 3.24. The zero-order valence-corrected chi connectivity index (χ0v) is 14.9. The molecule has 1 aromatic heterocycles. The van der Waals surface area contributed by atoms with Crippen molar-refractivity contribution in [3.05, 3.63) is 102 Å². The lowest BCUT2D eigenvalue weighted by Gasteiger charge is -2.15. The summed E-state index contributed by atoms with van der Waals surface area (Å²) in [6.07, 6.45) is 1.84. The predicted octanol–water partition coefficient (Wildman–Crippen LogP) is 5.75. The van der Waals surface area contributed by atoms with Crippen LogP contribution >= 0.6 is 0 Å². The number of hydrogen-bond donors (Lipinski definition) is 1. The highest BCUT2D eigenvalue weighted by atomic mass is 14.9. The quantitative estimate of drug-likeness (QED) is 0.501. The monoisotopic (exact) mass is 338 g/mol. The maximum absolute atomic E-state index is 4.44. The van der Waals surface area contributed by atoms with Gasteiger partial charge in [-0.05, 0) is 53.1 Å². The molecule has 2 heteroatoms. The van der Waals surface area contributed by atoms with Gasteiger partial charge in [0, 0.05) is 24.3 Å². The number of benzene rings is 3. The van der Waals surface area contributed by atoms with Crippen molar-refractivity contribution in [3.8, 4) is 11.3 Å². The highest BCUT2D eigenvalue weighted by molar-refractivity contribution is 5.83. The number of fused-ring (bicyclic) bond motifs is 1. The van der Waals surface area contributed by atoms with Gasteiger partial charge < -0.3 is 5.32 Å². The lowest BCUT2D eigenvalue weighted by atomic mass is 10.0. The van der Waals surface area contributed by atoms with Gasteiger partial charge >= 0.3 is 0 Å². The van der Waals surface area contributed by atoms with Gasteiger partial charge in [0.25, 0.3) is 0 Å². The first-order valence-corrected chi connectivity index (χ1v) is 9.02. The molecule has 4 rings (SSSR count). The Morgan fingerprint density at radius 1 is 0.808 bits per heavy atom. The molecule has 0 bridgehead atoms. The Morgan fingerprint density at radius 2 is 1.65 bits per heavy atom. The van der Waals surface area contributed by atoms with E-state index in [4.69, 9.17) is 0 Å². The molecular weight excluding hydrogens is 316 g/mol. The number of aromatic nitrogens is 1. The standard InChI is InChI=1S/C24H22N2/c1-18(21-13-12-20-8-2-3-9-22(20)16-21)26-17-19-7-6-10-23(15-19)24-11-4-5-14-25-24/h2-16,18,26H,17H2,1H3/t18-/m1/s1. The summed E-state index contributed by atoms with van der Waals surface area (Å²) in [5.41, 5.74) is 4.74. The van der Waals surface area contributed by atoms with Crippen molar-refractivity contribution in [2.45, 2.75) is 19.5 Å². The molecule has 0 aliphatic rings. The molecule has 0 radical (unpaired) electrons. The molecule has 4 aromatic rings. The highest BCUT2D eigenvalue weighted by Crippen LogP contribution is 2.21. The summed E-state index contributed by atoms with van der Waals surface area (Å²) < 4.78 is 0. The maximum Gasteiger partial charge on any atom is 0.0702 e. The van der Waals surface area contributed by atoms with E-state index in [2.05, 4.69) is 84.0 Å². The van der Waals surface area contributed by atoms with Crippen LogP contribution in [0.1, 0.15) is 24.1 Å². The van der Waals surface area contributed by atoms with E-state index in [-0.39, 0.29) is 6.04 Å². The fraction of sp³-hybridized carbons (Fsp3) is 0.125. The minimum Gasteiger partial charge on any atom is -0.306 e. The predicted molar refractivity (Wildman–Crippen MR) is 109 cm³/mol. The lowest BCUT2D eigenvalue weighted by molar-refractivity contribution is 0.575. The summed E-state index contributed by atoms with van der Waals surface area (Å²) >= 11 is 0. The third-order valence-corrected chi connectivity index (χ3v) is 4.77. The SMILES string of the molecule is C[C@@H](NCc1cccc(-c2ccccn2)c1)c1ccc2ccccc2c1. The first-order valence-electron chi connectivity index (χ1n) is 9.02. The normalized spacial score (nSPS) is 12.2. The molecule has 3 aromatic carbocycles. The van der Waals surface area contributed by atoms with Crippen LogP contribution in [-0.2, 0) is 6.54 Å². The van der Waals surface area contributed by atoms with Crippen LogP contribution in [-0.4, -0.2) is 4.98 Å². The third-order valence-electron chi connectivity index (χ3n) is 4.77. The van der Waals surface area contributed by atoms with Crippen molar-refractivity contribution in [3.63, 3.8) is 0 Å². The summed E-state index contributed by atoms with van der Waals surface area (Å²) in [6, 6.07) is 30.1. The average Bonchev–Trinajstić information content (AvgIpc) is 2.72. The smallest absolute Gasteiger partial charge is 0.0702 e. The first-order chi connectivity index (χ1) is 12.8. The number of rotatable bonds is 5. The summed E-state index contributed by atoms with van der Waals surface area (Å²) in [4.78, 5) is 4.44. The third kappa shape index (κ3) is 3.66. The van der Waals surface area contributed by atoms with Gasteiger partial charge in [0.15, 0.2) is 0 Å². The second-order valence-corrected chi connectivity index (χ2v) is 6.62. The Morgan fingerprint density at radius 3 is 2.50 bits per heavy atom. The van der Waals surface area contributed by atoms with Crippen molar-refractivity contribution in [2.75, 3.05) is 0 Å². The van der Waals surface area contributed by atoms with Gasteiger partial charge in [0.1, 0.15) is 0 Å².